The lowest BCUT2D eigenvalue weighted by Crippen LogP contribution is -1.91. The van der Waals surface area contributed by atoms with Gasteiger partial charge in [0.25, 0.3) is 0 Å². The van der Waals surface area contributed by atoms with Crippen molar-refractivity contribution in [3.63, 3.8) is 0 Å². The molecule has 62 valence electrons. The molecular formula is C6H9Br2N3. The molecule has 0 radical (unpaired) electrons. The van der Waals surface area contributed by atoms with Gasteiger partial charge in [0.15, 0.2) is 0 Å². The lowest BCUT2D eigenvalue weighted by Gasteiger charge is -2.01. The van der Waals surface area contributed by atoms with E-state index in [1.165, 1.54) is 0 Å². The lowest BCUT2D eigenvalue weighted by molar-refractivity contribution is 1.58. The topological polar surface area (TPSA) is 87.0 Å². The van der Waals surface area contributed by atoms with Crippen LogP contribution in [0.4, 0.5) is 11.4 Å². The van der Waals surface area contributed by atoms with Crippen LogP contribution >= 0.6 is 31.9 Å². The Morgan fingerprint density at radius 2 is 1.18 bits per heavy atom. The molecule has 1 rings (SSSR count). The summed E-state index contributed by atoms with van der Waals surface area (Å²) in [5.74, 6) is 0. The van der Waals surface area contributed by atoms with Crippen LogP contribution in [0.5, 0.6) is 0 Å². The summed E-state index contributed by atoms with van der Waals surface area (Å²) >= 11 is 6.51. The summed E-state index contributed by atoms with van der Waals surface area (Å²) in [7, 11) is 0. The van der Waals surface area contributed by atoms with Crippen LogP contribution in [0.25, 0.3) is 0 Å². The Morgan fingerprint density at radius 1 is 0.909 bits per heavy atom. The molecule has 0 atom stereocenters. The predicted molar refractivity (Wildman–Crippen MR) is 55.7 cm³/mol. The first kappa shape index (κ1) is 10.7. The molecule has 1 aromatic rings. The van der Waals surface area contributed by atoms with Gasteiger partial charge in [-0.2, -0.15) is 0 Å². The molecule has 0 saturated carbocycles. The highest BCUT2D eigenvalue weighted by atomic mass is 79.9. The number of hydrogen-bond donors (Lipinski definition) is 3. The molecule has 3 nitrogen and oxygen atoms in total. The Labute approximate surface area is 82.0 Å². The third kappa shape index (κ3) is 2.36. The number of halogens is 2. The summed E-state index contributed by atoms with van der Waals surface area (Å²) in [6.45, 7) is 0. The number of benzene rings is 1. The van der Waals surface area contributed by atoms with Crippen molar-refractivity contribution in [2.24, 2.45) is 0 Å². The minimum absolute atomic E-state index is 0. The summed E-state index contributed by atoms with van der Waals surface area (Å²) < 4.78 is 1.65. The average molecular weight is 283 g/mol. The molecule has 7 N–H and O–H groups in total. The number of anilines is 2. The van der Waals surface area contributed by atoms with E-state index in [0.29, 0.717) is 11.4 Å². The first-order valence-electron chi connectivity index (χ1n) is 2.61. The molecule has 0 unspecified atom stereocenters. The van der Waals surface area contributed by atoms with E-state index < -0.39 is 0 Å². The maximum absolute atomic E-state index is 5.56. The largest absolute Gasteiger partial charge is 0.398 e. The van der Waals surface area contributed by atoms with Crippen LogP contribution in [0, 0.1) is 0 Å². The summed E-state index contributed by atoms with van der Waals surface area (Å²) in [4.78, 5) is 0. The predicted octanol–water partition coefficient (Wildman–Crippen LogP) is 2.54. The SMILES string of the molecule is N.Nc1cc(Br)c(N)cc1Br. The van der Waals surface area contributed by atoms with E-state index in [1.807, 2.05) is 0 Å². The summed E-state index contributed by atoms with van der Waals surface area (Å²) in [6, 6.07) is 3.53. The first-order valence-corrected chi connectivity index (χ1v) is 4.20. The molecule has 0 saturated heterocycles. The van der Waals surface area contributed by atoms with Gasteiger partial charge in [0.2, 0.25) is 0 Å². The van der Waals surface area contributed by atoms with Crippen LogP contribution in [-0.4, -0.2) is 0 Å². The van der Waals surface area contributed by atoms with Crippen molar-refractivity contribution in [1.29, 1.82) is 0 Å². The zero-order valence-electron chi connectivity index (χ0n) is 5.77. The third-order valence-electron chi connectivity index (χ3n) is 1.12. The first-order chi connectivity index (χ1) is 4.61. The molecule has 0 aliphatic carbocycles. The normalized spacial score (nSPS) is 8.91. The van der Waals surface area contributed by atoms with Gasteiger partial charge in [0.05, 0.1) is 0 Å². The second-order valence-electron chi connectivity index (χ2n) is 1.90. The minimum atomic E-state index is 0. The fraction of sp³-hybridized carbons (Fsp3) is 0. The molecule has 1 aromatic carbocycles. The van der Waals surface area contributed by atoms with Gasteiger partial charge in [0.1, 0.15) is 0 Å². The van der Waals surface area contributed by atoms with E-state index in [2.05, 4.69) is 31.9 Å². The average Bonchev–Trinajstić information content (AvgIpc) is 1.84. The second kappa shape index (κ2) is 3.94. The Kier molecular flexibility index (Phi) is 3.85. The Morgan fingerprint density at radius 3 is 1.45 bits per heavy atom. The molecule has 0 aliphatic rings. The molecule has 0 spiro atoms. The smallest absolute Gasteiger partial charge is 0.0471 e. The zero-order chi connectivity index (χ0) is 7.72. The highest BCUT2D eigenvalue weighted by molar-refractivity contribution is 9.11. The summed E-state index contributed by atoms with van der Waals surface area (Å²) in [5.41, 5.74) is 12.5. The summed E-state index contributed by atoms with van der Waals surface area (Å²) in [6.07, 6.45) is 0. The van der Waals surface area contributed by atoms with E-state index in [1.54, 1.807) is 12.1 Å². The van der Waals surface area contributed by atoms with Gasteiger partial charge in [-0.25, -0.2) is 0 Å². The van der Waals surface area contributed by atoms with Crippen LogP contribution in [0.3, 0.4) is 0 Å². The van der Waals surface area contributed by atoms with Crippen LogP contribution in [0.15, 0.2) is 21.1 Å². The van der Waals surface area contributed by atoms with Crippen molar-refractivity contribution in [3.05, 3.63) is 21.1 Å². The van der Waals surface area contributed by atoms with E-state index >= 15 is 0 Å². The van der Waals surface area contributed by atoms with Crippen molar-refractivity contribution in [2.75, 3.05) is 11.5 Å². The number of nitrogens with two attached hydrogens (primary N) is 2. The molecule has 5 heteroatoms. The number of hydrogen-bond acceptors (Lipinski definition) is 3. The van der Waals surface area contributed by atoms with Gasteiger partial charge in [-0.1, -0.05) is 0 Å². The van der Waals surface area contributed by atoms with Gasteiger partial charge in [-0.3, -0.25) is 0 Å². The Balaban J connectivity index is 0.000001000. The maximum atomic E-state index is 5.56. The van der Waals surface area contributed by atoms with Gasteiger partial charge >= 0.3 is 0 Å². The molecular weight excluding hydrogens is 274 g/mol. The fourth-order valence-electron chi connectivity index (χ4n) is 0.578. The van der Waals surface area contributed by atoms with Crippen molar-refractivity contribution < 1.29 is 0 Å². The molecule has 0 heterocycles. The standard InChI is InChI=1S/C6H6Br2N2.H3N/c7-3-1-5(9)4(8)2-6(3)10;/h1-2H,9-10H2;1H3. The Bertz CT molecular complexity index is 212. The lowest BCUT2D eigenvalue weighted by atomic mass is 10.3. The van der Waals surface area contributed by atoms with Gasteiger partial charge in [-0.15, -0.1) is 0 Å². The quantitative estimate of drug-likeness (QED) is 0.639. The molecule has 0 amide bonds. The van der Waals surface area contributed by atoms with Crippen molar-refractivity contribution in [3.8, 4) is 0 Å². The molecule has 11 heavy (non-hydrogen) atoms. The third-order valence-corrected chi connectivity index (χ3v) is 2.49. The van der Waals surface area contributed by atoms with Crippen LogP contribution < -0.4 is 17.6 Å². The van der Waals surface area contributed by atoms with Crippen molar-refractivity contribution in [2.45, 2.75) is 0 Å². The molecule has 0 bridgehead atoms. The molecule has 0 aliphatic heterocycles. The van der Waals surface area contributed by atoms with E-state index in [4.69, 9.17) is 11.5 Å². The van der Waals surface area contributed by atoms with Crippen LogP contribution in [-0.2, 0) is 0 Å². The highest BCUT2D eigenvalue weighted by Gasteiger charge is 1.99. The van der Waals surface area contributed by atoms with E-state index in [0.717, 1.165) is 8.95 Å². The Hall–Kier alpha value is -0.260. The fourth-order valence-corrected chi connectivity index (χ4v) is 1.30. The van der Waals surface area contributed by atoms with Crippen LogP contribution in [0.1, 0.15) is 0 Å². The zero-order valence-corrected chi connectivity index (χ0v) is 8.94. The number of rotatable bonds is 0. The van der Waals surface area contributed by atoms with Crippen molar-refractivity contribution in [1.82, 2.24) is 6.15 Å². The van der Waals surface area contributed by atoms with Crippen molar-refractivity contribution >= 4 is 43.2 Å². The second-order valence-corrected chi connectivity index (χ2v) is 3.60. The molecule has 0 fully saturated rings. The van der Waals surface area contributed by atoms with E-state index in [-0.39, 0.29) is 6.15 Å². The monoisotopic (exact) mass is 281 g/mol. The maximum Gasteiger partial charge on any atom is 0.0471 e. The molecule has 0 aromatic heterocycles. The van der Waals surface area contributed by atoms with Gasteiger partial charge in [0, 0.05) is 20.3 Å². The van der Waals surface area contributed by atoms with E-state index in [9.17, 15) is 0 Å². The highest BCUT2D eigenvalue weighted by Crippen LogP contribution is 2.28. The van der Waals surface area contributed by atoms with Crippen LogP contribution in [0.2, 0.25) is 0 Å². The van der Waals surface area contributed by atoms with Gasteiger partial charge < -0.3 is 17.6 Å². The minimum Gasteiger partial charge on any atom is -0.398 e. The number of nitrogen functional groups attached to an aromatic ring is 2. The summed E-state index contributed by atoms with van der Waals surface area (Å²) in [5, 5.41) is 0. The van der Waals surface area contributed by atoms with Gasteiger partial charge in [-0.05, 0) is 44.0 Å².